The molecule has 2 atom stereocenters. The largest absolute Gasteiger partial charge is 0.326 e. The predicted molar refractivity (Wildman–Crippen MR) is 136 cm³/mol. The number of nitrogens with zero attached hydrogens (tertiary/aromatic N) is 2. The molecule has 2 fully saturated rings. The Morgan fingerprint density at radius 2 is 1.77 bits per heavy atom. The fourth-order valence-corrected chi connectivity index (χ4v) is 6.83. The van der Waals surface area contributed by atoms with Gasteiger partial charge in [0.25, 0.3) is 0 Å². The standard InChI is InChI=1S/C27H33N3O4S/c1-17-6-7-18(2)24(13-17)28-26(31)21-5-4-12-29(16-21)35(33,34)23-10-11-25-22(15-23)14-19(3)30(25)27(32)20-8-9-20/h6-7,10-11,13,15,19-21H,4-5,8-9,12,14,16H2,1-3H3,(H,28,31)/t19-,21-/m0/s1. The Morgan fingerprint density at radius 3 is 2.51 bits per heavy atom. The maximum absolute atomic E-state index is 13.5. The molecule has 186 valence electrons. The average molecular weight is 496 g/mol. The molecule has 7 nitrogen and oxygen atoms in total. The van der Waals surface area contributed by atoms with Crippen molar-refractivity contribution in [1.82, 2.24) is 4.31 Å². The number of rotatable bonds is 5. The Balaban J connectivity index is 1.32. The average Bonchev–Trinajstić information content (AvgIpc) is 3.63. The summed E-state index contributed by atoms with van der Waals surface area (Å²) in [6, 6.07) is 11.0. The molecule has 2 heterocycles. The van der Waals surface area contributed by atoms with Crippen LogP contribution >= 0.6 is 0 Å². The van der Waals surface area contributed by atoms with E-state index in [1.807, 2.05) is 43.9 Å². The van der Waals surface area contributed by atoms with Gasteiger partial charge in [0.1, 0.15) is 0 Å². The minimum atomic E-state index is -3.75. The lowest BCUT2D eigenvalue weighted by atomic mass is 9.98. The Bertz CT molecular complexity index is 1290. The molecule has 2 aromatic carbocycles. The summed E-state index contributed by atoms with van der Waals surface area (Å²) in [5, 5.41) is 3.00. The van der Waals surface area contributed by atoms with E-state index in [0.29, 0.717) is 25.8 Å². The van der Waals surface area contributed by atoms with E-state index in [0.717, 1.165) is 40.9 Å². The number of carbonyl (C=O) groups is 2. The van der Waals surface area contributed by atoms with Crippen molar-refractivity contribution in [3.63, 3.8) is 0 Å². The number of sulfonamides is 1. The van der Waals surface area contributed by atoms with Crippen molar-refractivity contribution in [2.45, 2.75) is 63.8 Å². The molecule has 1 saturated carbocycles. The van der Waals surface area contributed by atoms with Crippen LogP contribution in [0, 0.1) is 25.7 Å². The fourth-order valence-electron chi connectivity index (χ4n) is 5.26. The van der Waals surface area contributed by atoms with Gasteiger partial charge in [0, 0.05) is 36.4 Å². The van der Waals surface area contributed by atoms with Gasteiger partial charge in [0.2, 0.25) is 21.8 Å². The Labute approximate surface area is 207 Å². The molecule has 3 aliphatic rings. The van der Waals surface area contributed by atoms with E-state index in [1.165, 1.54) is 4.31 Å². The summed E-state index contributed by atoms with van der Waals surface area (Å²) >= 11 is 0. The van der Waals surface area contributed by atoms with Gasteiger partial charge >= 0.3 is 0 Å². The molecular weight excluding hydrogens is 462 g/mol. The number of hydrogen-bond acceptors (Lipinski definition) is 4. The third-order valence-electron chi connectivity index (χ3n) is 7.47. The summed E-state index contributed by atoms with van der Waals surface area (Å²) in [5.74, 6) is -0.275. The molecule has 0 unspecified atom stereocenters. The van der Waals surface area contributed by atoms with Crippen LogP contribution < -0.4 is 10.2 Å². The maximum atomic E-state index is 13.5. The summed E-state index contributed by atoms with van der Waals surface area (Å²) in [4.78, 5) is 27.8. The lowest BCUT2D eigenvalue weighted by molar-refractivity contribution is -0.121. The van der Waals surface area contributed by atoms with Gasteiger partial charge in [-0.1, -0.05) is 12.1 Å². The molecular formula is C27H33N3O4S. The molecule has 0 bridgehead atoms. The van der Waals surface area contributed by atoms with Crippen LogP contribution in [-0.4, -0.2) is 43.7 Å². The number of benzene rings is 2. The van der Waals surface area contributed by atoms with Crippen molar-refractivity contribution < 1.29 is 18.0 Å². The second-order valence-electron chi connectivity index (χ2n) is 10.3. The van der Waals surface area contributed by atoms with Crippen LogP contribution in [0.4, 0.5) is 11.4 Å². The highest BCUT2D eigenvalue weighted by atomic mass is 32.2. The van der Waals surface area contributed by atoms with Crippen LogP contribution in [0.5, 0.6) is 0 Å². The van der Waals surface area contributed by atoms with Crippen molar-refractivity contribution in [2.75, 3.05) is 23.3 Å². The Kier molecular flexibility index (Phi) is 6.21. The normalized spacial score (nSPS) is 22.7. The van der Waals surface area contributed by atoms with Crippen molar-refractivity contribution in [2.24, 2.45) is 11.8 Å². The van der Waals surface area contributed by atoms with Crippen molar-refractivity contribution in [3.8, 4) is 0 Å². The first-order valence-electron chi connectivity index (χ1n) is 12.5. The van der Waals surface area contributed by atoms with Crippen LogP contribution in [0.2, 0.25) is 0 Å². The fraction of sp³-hybridized carbons (Fsp3) is 0.481. The summed E-state index contributed by atoms with van der Waals surface area (Å²) in [6.45, 7) is 6.50. The topological polar surface area (TPSA) is 86.8 Å². The number of nitrogens with one attached hydrogen (secondary N) is 1. The molecule has 1 aliphatic carbocycles. The first kappa shape index (κ1) is 24.0. The molecule has 2 aliphatic heterocycles. The number of aryl methyl sites for hydroxylation is 2. The third-order valence-corrected chi connectivity index (χ3v) is 9.34. The van der Waals surface area contributed by atoms with Crippen molar-refractivity contribution in [1.29, 1.82) is 0 Å². The highest BCUT2D eigenvalue weighted by Crippen LogP contribution is 2.40. The second kappa shape index (κ2) is 9.06. The third kappa shape index (κ3) is 4.61. The van der Waals surface area contributed by atoms with Gasteiger partial charge in [-0.2, -0.15) is 4.31 Å². The minimum Gasteiger partial charge on any atom is -0.326 e. The molecule has 5 rings (SSSR count). The van der Waals surface area contributed by atoms with E-state index >= 15 is 0 Å². The molecule has 2 amide bonds. The van der Waals surface area contributed by atoms with Gasteiger partial charge in [0.05, 0.1) is 10.8 Å². The Hall–Kier alpha value is -2.71. The molecule has 8 heteroatoms. The van der Waals surface area contributed by atoms with Gasteiger partial charge in [-0.15, -0.1) is 0 Å². The number of amides is 2. The van der Waals surface area contributed by atoms with Crippen molar-refractivity contribution >= 4 is 33.2 Å². The van der Waals surface area contributed by atoms with Gasteiger partial charge < -0.3 is 10.2 Å². The smallest absolute Gasteiger partial charge is 0.243 e. The first-order chi connectivity index (χ1) is 16.6. The first-order valence-corrected chi connectivity index (χ1v) is 13.9. The van der Waals surface area contributed by atoms with Crippen molar-refractivity contribution in [3.05, 3.63) is 53.1 Å². The number of piperidine rings is 1. The Morgan fingerprint density at radius 1 is 1.00 bits per heavy atom. The lowest BCUT2D eigenvalue weighted by Crippen LogP contribution is -2.43. The lowest BCUT2D eigenvalue weighted by Gasteiger charge is -2.31. The monoisotopic (exact) mass is 495 g/mol. The zero-order chi connectivity index (χ0) is 24.9. The molecule has 1 N–H and O–H groups in total. The number of hydrogen-bond donors (Lipinski definition) is 1. The van der Waals surface area contributed by atoms with Crippen LogP contribution in [0.1, 0.15) is 49.3 Å². The number of anilines is 2. The minimum absolute atomic E-state index is 0.0317. The summed E-state index contributed by atoms with van der Waals surface area (Å²) in [7, 11) is -3.75. The van der Waals surface area contributed by atoms with E-state index < -0.39 is 15.9 Å². The van der Waals surface area contributed by atoms with Crippen LogP contribution in [0.3, 0.4) is 0 Å². The highest BCUT2D eigenvalue weighted by Gasteiger charge is 2.40. The molecule has 35 heavy (non-hydrogen) atoms. The van der Waals surface area contributed by atoms with E-state index in [2.05, 4.69) is 5.32 Å². The summed E-state index contributed by atoms with van der Waals surface area (Å²) in [6.07, 6.45) is 3.82. The van der Waals surface area contributed by atoms with Crippen LogP contribution in [-0.2, 0) is 26.0 Å². The van der Waals surface area contributed by atoms with E-state index in [1.54, 1.807) is 18.2 Å². The summed E-state index contributed by atoms with van der Waals surface area (Å²) in [5.41, 5.74) is 4.53. The van der Waals surface area contributed by atoms with Gasteiger partial charge in [0.15, 0.2) is 0 Å². The van der Waals surface area contributed by atoms with E-state index in [9.17, 15) is 18.0 Å². The molecule has 0 spiro atoms. The highest BCUT2D eigenvalue weighted by molar-refractivity contribution is 7.89. The molecule has 2 aromatic rings. The number of fused-ring (bicyclic) bond motifs is 1. The summed E-state index contributed by atoms with van der Waals surface area (Å²) < 4.78 is 28.5. The molecule has 0 aromatic heterocycles. The van der Waals surface area contributed by atoms with Crippen LogP contribution in [0.25, 0.3) is 0 Å². The van der Waals surface area contributed by atoms with Gasteiger partial charge in [-0.25, -0.2) is 8.42 Å². The molecule has 1 saturated heterocycles. The van der Waals surface area contributed by atoms with Gasteiger partial charge in [-0.05, 0) is 93.8 Å². The van der Waals surface area contributed by atoms with E-state index in [4.69, 9.17) is 0 Å². The molecule has 0 radical (unpaired) electrons. The second-order valence-corrected chi connectivity index (χ2v) is 12.3. The number of carbonyl (C=O) groups excluding carboxylic acids is 2. The van der Waals surface area contributed by atoms with Crippen LogP contribution in [0.15, 0.2) is 41.3 Å². The SMILES string of the molecule is Cc1ccc(C)c(NC(=O)[C@H]2CCCN(S(=O)(=O)c3ccc4c(c3)C[C@H](C)N4C(=O)C3CC3)C2)c1. The van der Waals surface area contributed by atoms with Gasteiger partial charge in [-0.3, -0.25) is 9.59 Å². The predicted octanol–water partition coefficient (Wildman–Crippen LogP) is 4.03. The van der Waals surface area contributed by atoms with E-state index in [-0.39, 0.29) is 35.2 Å². The quantitative estimate of drug-likeness (QED) is 0.679. The maximum Gasteiger partial charge on any atom is 0.243 e. The zero-order valence-corrected chi connectivity index (χ0v) is 21.4. The zero-order valence-electron chi connectivity index (χ0n) is 20.6.